The summed E-state index contributed by atoms with van der Waals surface area (Å²) in [6.07, 6.45) is 1.62. The van der Waals surface area contributed by atoms with Crippen LogP contribution in [0.1, 0.15) is 19.4 Å². The van der Waals surface area contributed by atoms with Crippen LogP contribution in [0.15, 0.2) is 23.4 Å². The van der Waals surface area contributed by atoms with Crippen molar-refractivity contribution in [2.45, 2.75) is 20.5 Å². The van der Waals surface area contributed by atoms with E-state index >= 15 is 0 Å². The molecule has 0 aliphatic heterocycles. The molecule has 15 heavy (non-hydrogen) atoms. The molecule has 0 N–H and O–H groups in total. The highest BCUT2D eigenvalue weighted by molar-refractivity contribution is 5.58. The first-order valence-corrected chi connectivity index (χ1v) is 4.68. The maximum Gasteiger partial charge on any atom is 0.142 e. The second kappa shape index (κ2) is 5.44. The monoisotopic (exact) mass is 213 g/mol. The number of hydrogen-bond acceptors (Lipinski definition) is 2. The predicted octanol–water partition coefficient (Wildman–Crippen LogP) is 3.12. The van der Waals surface area contributed by atoms with E-state index in [2.05, 4.69) is 5.16 Å². The van der Waals surface area contributed by atoms with Crippen molar-refractivity contribution in [2.75, 3.05) is 0 Å². The zero-order chi connectivity index (χ0) is 11.3. The first-order chi connectivity index (χ1) is 7.08. The number of halogens is 2. The van der Waals surface area contributed by atoms with Gasteiger partial charge >= 0.3 is 0 Å². The van der Waals surface area contributed by atoms with Gasteiger partial charge in [-0.3, -0.25) is 0 Å². The van der Waals surface area contributed by atoms with Gasteiger partial charge in [0.25, 0.3) is 0 Å². The van der Waals surface area contributed by atoms with Crippen LogP contribution in [0.2, 0.25) is 0 Å². The number of oxime groups is 1. The first-order valence-electron chi connectivity index (χ1n) is 4.68. The Morgan fingerprint density at radius 3 is 2.40 bits per heavy atom. The molecule has 0 radical (unpaired) electrons. The van der Waals surface area contributed by atoms with Gasteiger partial charge in [0.1, 0.15) is 18.2 Å². The summed E-state index contributed by atoms with van der Waals surface area (Å²) < 4.78 is 25.5. The van der Waals surface area contributed by atoms with E-state index in [-0.39, 0.29) is 12.5 Å². The van der Waals surface area contributed by atoms with Crippen molar-refractivity contribution >= 4 is 6.21 Å². The van der Waals surface area contributed by atoms with Crippen LogP contribution in [0.4, 0.5) is 8.78 Å². The molecular weight excluding hydrogens is 200 g/mol. The third kappa shape index (κ3) is 4.54. The van der Waals surface area contributed by atoms with Crippen LogP contribution in [0.5, 0.6) is 0 Å². The van der Waals surface area contributed by atoms with Crippen LogP contribution in [0.3, 0.4) is 0 Å². The summed E-state index contributed by atoms with van der Waals surface area (Å²) in [5.74, 6) is -0.933. The molecule has 0 saturated carbocycles. The second-order valence-corrected chi connectivity index (χ2v) is 3.55. The third-order valence-corrected chi connectivity index (χ3v) is 1.59. The minimum absolute atomic E-state index is 0.0674. The van der Waals surface area contributed by atoms with Gasteiger partial charge in [-0.15, -0.1) is 0 Å². The molecule has 0 bridgehead atoms. The highest BCUT2D eigenvalue weighted by atomic mass is 19.1. The standard InChI is InChI=1S/C11H13F2NO/c1-8(2)6-14-15-7-9-3-10(12)5-11(13)4-9/h3-6,8H,7H2,1-2H3. The fourth-order valence-electron chi connectivity index (χ4n) is 0.971. The molecule has 0 saturated heterocycles. The molecule has 0 atom stereocenters. The SMILES string of the molecule is CC(C)C=NOCc1cc(F)cc(F)c1. The Kier molecular flexibility index (Phi) is 4.21. The minimum Gasteiger partial charge on any atom is -0.391 e. The molecule has 1 rings (SSSR count). The Bertz CT molecular complexity index is 330. The third-order valence-electron chi connectivity index (χ3n) is 1.59. The summed E-state index contributed by atoms with van der Waals surface area (Å²) in [5.41, 5.74) is 0.424. The number of hydrogen-bond donors (Lipinski definition) is 0. The molecule has 82 valence electrons. The van der Waals surface area contributed by atoms with Crippen molar-refractivity contribution in [3.63, 3.8) is 0 Å². The number of rotatable bonds is 4. The van der Waals surface area contributed by atoms with Crippen LogP contribution < -0.4 is 0 Å². The quantitative estimate of drug-likeness (QED) is 0.556. The van der Waals surface area contributed by atoms with Crippen molar-refractivity contribution < 1.29 is 13.6 Å². The van der Waals surface area contributed by atoms with Crippen LogP contribution in [0, 0.1) is 17.6 Å². The van der Waals surface area contributed by atoms with E-state index in [9.17, 15) is 8.78 Å². The van der Waals surface area contributed by atoms with E-state index in [1.165, 1.54) is 12.1 Å². The molecule has 0 aromatic heterocycles. The predicted molar refractivity (Wildman–Crippen MR) is 54.5 cm³/mol. The summed E-state index contributed by atoms with van der Waals surface area (Å²) in [5, 5.41) is 3.66. The normalized spacial score (nSPS) is 11.3. The lowest BCUT2D eigenvalue weighted by Gasteiger charge is -2.01. The molecule has 2 nitrogen and oxygen atoms in total. The Hall–Kier alpha value is -1.45. The molecular formula is C11H13F2NO. The van der Waals surface area contributed by atoms with Gasteiger partial charge in [0, 0.05) is 12.3 Å². The zero-order valence-electron chi connectivity index (χ0n) is 8.71. The van der Waals surface area contributed by atoms with Crippen molar-refractivity contribution in [1.29, 1.82) is 0 Å². The van der Waals surface area contributed by atoms with Gasteiger partial charge in [-0.25, -0.2) is 8.78 Å². The molecule has 0 spiro atoms. The summed E-state index contributed by atoms with van der Waals surface area (Å²) in [6.45, 7) is 3.97. The molecule has 0 aliphatic carbocycles. The summed E-state index contributed by atoms with van der Waals surface area (Å²) >= 11 is 0. The van der Waals surface area contributed by atoms with Gasteiger partial charge < -0.3 is 4.84 Å². The van der Waals surface area contributed by atoms with Gasteiger partial charge in [-0.05, 0) is 23.6 Å². The molecule has 0 unspecified atom stereocenters. The molecule has 0 amide bonds. The maximum atomic E-state index is 12.7. The highest BCUT2D eigenvalue weighted by Crippen LogP contribution is 2.08. The molecule has 4 heteroatoms. The van der Waals surface area contributed by atoms with Crippen molar-refractivity contribution in [1.82, 2.24) is 0 Å². The zero-order valence-corrected chi connectivity index (χ0v) is 8.71. The van der Waals surface area contributed by atoms with Crippen LogP contribution in [-0.4, -0.2) is 6.21 Å². The molecule has 0 aliphatic rings. The van der Waals surface area contributed by atoms with Crippen molar-refractivity contribution in [3.05, 3.63) is 35.4 Å². The van der Waals surface area contributed by atoms with E-state index in [0.29, 0.717) is 5.56 Å². The largest absolute Gasteiger partial charge is 0.391 e. The highest BCUT2D eigenvalue weighted by Gasteiger charge is 2.00. The average Bonchev–Trinajstić information content (AvgIpc) is 2.10. The van der Waals surface area contributed by atoms with E-state index in [4.69, 9.17) is 4.84 Å². The maximum absolute atomic E-state index is 12.7. The molecule has 1 aromatic carbocycles. The number of benzene rings is 1. The Morgan fingerprint density at radius 2 is 1.87 bits per heavy atom. The lowest BCUT2D eigenvalue weighted by molar-refractivity contribution is 0.130. The fourth-order valence-corrected chi connectivity index (χ4v) is 0.971. The van der Waals surface area contributed by atoms with Crippen LogP contribution in [-0.2, 0) is 11.4 Å². The molecule has 0 fully saturated rings. The van der Waals surface area contributed by atoms with Gasteiger partial charge in [-0.1, -0.05) is 19.0 Å². The van der Waals surface area contributed by atoms with E-state index in [0.717, 1.165) is 6.07 Å². The topological polar surface area (TPSA) is 21.6 Å². The Labute approximate surface area is 87.6 Å². The summed E-state index contributed by atoms with van der Waals surface area (Å²) in [7, 11) is 0. The van der Waals surface area contributed by atoms with E-state index in [1.54, 1.807) is 6.21 Å². The Balaban J connectivity index is 2.50. The van der Waals surface area contributed by atoms with E-state index in [1.807, 2.05) is 13.8 Å². The molecule has 1 aromatic rings. The van der Waals surface area contributed by atoms with Gasteiger partial charge in [0.05, 0.1) is 0 Å². The van der Waals surface area contributed by atoms with Crippen molar-refractivity contribution in [3.8, 4) is 0 Å². The van der Waals surface area contributed by atoms with Gasteiger partial charge in [0.2, 0.25) is 0 Å². The minimum atomic E-state index is -0.610. The average molecular weight is 213 g/mol. The van der Waals surface area contributed by atoms with Crippen LogP contribution in [0.25, 0.3) is 0 Å². The summed E-state index contributed by atoms with van der Waals surface area (Å²) in [6, 6.07) is 3.25. The Morgan fingerprint density at radius 1 is 1.27 bits per heavy atom. The molecule has 0 heterocycles. The van der Waals surface area contributed by atoms with Gasteiger partial charge in [0.15, 0.2) is 0 Å². The van der Waals surface area contributed by atoms with Crippen LogP contribution >= 0.6 is 0 Å². The van der Waals surface area contributed by atoms with Gasteiger partial charge in [-0.2, -0.15) is 0 Å². The number of nitrogens with zero attached hydrogens (tertiary/aromatic N) is 1. The van der Waals surface area contributed by atoms with E-state index < -0.39 is 11.6 Å². The lowest BCUT2D eigenvalue weighted by atomic mass is 10.2. The second-order valence-electron chi connectivity index (χ2n) is 3.55. The van der Waals surface area contributed by atoms with Crippen molar-refractivity contribution in [2.24, 2.45) is 11.1 Å². The fraction of sp³-hybridized carbons (Fsp3) is 0.364. The summed E-state index contributed by atoms with van der Waals surface area (Å²) in [4.78, 5) is 4.88. The smallest absolute Gasteiger partial charge is 0.142 e. The lowest BCUT2D eigenvalue weighted by Crippen LogP contribution is -1.93. The first kappa shape index (κ1) is 11.6.